The van der Waals surface area contributed by atoms with Crippen LogP contribution in [0.5, 0.6) is 0 Å². The van der Waals surface area contributed by atoms with E-state index in [2.05, 4.69) is 59.6 Å². The molecule has 3 heteroatoms. The van der Waals surface area contributed by atoms with E-state index in [9.17, 15) is 0 Å². The van der Waals surface area contributed by atoms with Gasteiger partial charge in [-0.25, -0.2) is 0 Å². The summed E-state index contributed by atoms with van der Waals surface area (Å²) in [7, 11) is 4.31. The zero-order valence-corrected chi connectivity index (χ0v) is 12.9. The molecule has 0 amide bonds. The molecule has 0 radical (unpaired) electrons. The molecular formula is C17H20N2S. The first-order valence-corrected chi connectivity index (χ1v) is 8.22. The summed E-state index contributed by atoms with van der Waals surface area (Å²) in [5, 5.41) is 2.26. The molecule has 2 unspecified atom stereocenters. The molecule has 1 aromatic heterocycles. The lowest BCUT2D eigenvalue weighted by molar-refractivity contribution is 0.224. The van der Waals surface area contributed by atoms with E-state index in [4.69, 9.17) is 0 Å². The normalized spacial score (nSPS) is 23.4. The Morgan fingerprint density at radius 1 is 1.05 bits per heavy atom. The zero-order chi connectivity index (χ0) is 13.7. The summed E-state index contributed by atoms with van der Waals surface area (Å²) in [5.74, 6) is 0. The fourth-order valence-electron chi connectivity index (χ4n) is 3.76. The summed E-state index contributed by atoms with van der Waals surface area (Å²) in [6.07, 6.45) is 1.24. The standard InChI is InChI=1S/C17H20N2S/c1-18(2)9-5-10-19-15-12-6-3-4-7-13(12)16(19)17-14(15)8-11-20-17/h3-4,6-8,11,15-16H,5,9-10H2,1-2H3. The van der Waals surface area contributed by atoms with E-state index in [0.29, 0.717) is 12.1 Å². The predicted molar refractivity (Wildman–Crippen MR) is 84.3 cm³/mol. The Morgan fingerprint density at radius 2 is 1.80 bits per heavy atom. The second-order valence-electron chi connectivity index (χ2n) is 6.07. The van der Waals surface area contributed by atoms with Gasteiger partial charge in [-0.1, -0.05) is 24.3 Å². The Bertz CT molecular complexity index is 586. The van der Waals surface area contributed by atoms with Crippen LogP contribution >= 0.6 is 11.3 Å². The molecule has 3 heterocycles. The van der Waals surface area contributed by atoms with Crippen molar-refractivity contribution in [2.24, 2.45) is 0 Å². The van der Waals surface area contributed by atoms with Gasteiger partial charge < -0.3 is 4.90 Å². The number of hydrogen-bond acceptors (Lipinski definition) is 3. The molecule has 104 valence electrons. The summed E-state index contributed by atoms with van der Waals surface area (Å²) < 4.78 is 0. The number of rotatable bonds is 4. The number of nitrogens with zero attached hydrogens (tertiary/aromatic N) is 2. The van der Waals surface area contributed by atoms with Gasteiger partial charge >= 0.3 is 0 Å². The molecule has 0 spiro atoms. The lowest BCUT2D eigenvalue weighted by Gasteiger charge is -2.23. The molecule has 0 N–H and O–H groups in total. The van der Waals surface area contributed by atoms with Crippen molar-refractivity contribution in [1.82, 2.24) is 9.80 Å². The smallest absolute Gasteiger partial charge is 0.0710 e. The van der Waals surface area contributed by atoms with Crippen molar-refractivity contribution in [3.63, 3.8) is 0 Å². The maximum Gasteiger partial charge on any atom is 0.0710 e. The van der Waals surface area contributed by atoms with Crippen LogP contribution in [-0.4, -0.2) is 37.0 Å². The summed E-state index contributed by atoms with van der Waals surface area (Å²) in [4.78, 5) is 6.56. The monoisotopic (exact) mass is 284 g/mol. The molecule has 2 bridgehead atoms. The van der Waals surface area contributed by atoms with Gasteiger partial charge in [0, 0.05) is 11.4 Å². The van der Waals surface area contributed by atoms with Gasteiger partial charge in [0.05, 0.1) is 12.1 Å². The first kappa shape index (κ1) is 12.6. The van der Waals surface area contributed by atoms with Gasteiger partial charge in [-0.3, -0.25) is 4.90 Å². The van der Waals surface area contributed by atoms with Crippen molar-refractivity contribution >= 4 is 11.3 Å². The molecule has 2 aliphatic rings. The SMILES string of the molecule is CN(C)CCCN1C2c3ccccc3C1c1sccc12. The molecule has 2 nitrogen and oxygen atoms in total. The van der Waals surface area contributed by atoms with E-state index >= 15 is 0 Å². The number of benzene rings is 1. The molecule has 0 fully saturated rings. The third-order valence-corrected chi connectivity index (χ3v) is 5.53. The lowest BCUT2D eigenvalue weighted by atomic mass is 9.91. The van der Waals surface area contributed by atoms with Crippen LogP contribution in [0.2, 0.25) is 0 Å². The van der Waals surface area contributed by atoms with Crippen LogP contribution in [0.15, 0.2) is 35.7 Å². The minimum absolute atomic E-state index is 0.514. The Kier molecular flexibility index (Phi) is 2.95. The highest BCUT2D eigenvalue weighted by atomic mass is 32.1. The van der Waals surface area contributed by atoms with Gasteiger partial charge in [-0.05, 0) is 55.2 Å². The molecule has 1 aromatic carbocycles. The molecule has 20 heavy (non-hydrogen) atoms. The Hall–Kier alpha value is -1.16. The van der Waals surface area contributed by atoms with Crippen molar-refractivity contribution in [2.75, 3.05) is 27.2 Å². The van der Waals surface area contributed by atoms with Crippen molar-refractivity contribution in [3.8, 4) is 0 Å². The van der Waals surface area contributed by atoms with E-state index in [1.165, 1.54) is 30.6 Å². The van der Waals surface area contributed by atoms with Crippen LogP contribution in [-0.2, 0) is 0 Å². The molecule has 4 rings (SSSR count). The van der Waals surface area contributed by atoms with E-state index < -0.39 is 0 Å². The first-order chi connectivity index (χ1) is 9.77. The number of thiophene rings is 1. The summed E-state index contributed by atoms with van der Waals surface area (Å²) in [6.45, 7) is 2.35. The molecule has 2 aliphatic heterocycles. The van der Waals surface area contributed by atoms with Crippen molar-refractivity contribution < 1.29 is 0 Å². The van der Waals surface area contributed by atoms with Gasteiger partial charge in [0.25, 0.3) is 0 Å². The third-order valence-electron chi connectivity index (χ3n) is 4.54. The highest BCUT2D eigenvalue weighted by Crippen LogP contribution is 2.57. The quantitative estimate of drug-likeness (QED) is 0.848. The van der Waals surface area contributed by atoms with Crippen LogP contribution in [0.4, 0.5) is 0 Å². The maximum absolute atomic E-state index is 2.70. The molecule has 0 saturated carbocycles. The lowest BCUT2D eigenvalue weighted by Crippen LogP contribution is -2.25. The van der Waals surface area contributed by atoms with E-state index in [1.54, 1.807) is 10.4 Å². The number of fused-ring (bicyclic) bond motifs is 8. The largest absolute Gasteiger partial charge is 0.309 e. The minimum Gasteiger partial charge on any atom is -0.309 e. The second kappa shape index (κ2) is 4.69. The molecule has 0 saturated heterocycles. The topological polar surface area (TPSA) is 6.48 Å². The van der Waals surface area contributed by atoms with E-state index in [-0.39, 0.29) is 0 Å². The van der Waals surface area contributed by atoms with Gasteiger partial charge in [0.15, 0.2) is 0 Å². The van der Waals surface area contributed by atoms with Crippen LogP contribution in [0.1, 0.15) is 40.1 Å². The van der Waals surface area contributed by atoms with Crippen LogP contribution in [0.3, 0.4) is 0 Å². The van der Waals surface area contributed by atoms with Crippen molar-refractivity contribution in [1.29, 1.82) is 0 Å². The summed E-state index contributed by atoms with van der Waals surface area (Å²) >= 11 is 1.93. The fourth-order valence-corrected chi connectivity index (χ4v) is 4.83. The average molecular weight is 284 g/mol. The van der Waals surface area contributed by atoms with Crippen molar-refractivity contribution in [2.45, 2.75) is 18.5 Å². The third kappa shape index (κ3) is 1.70. The Morgan fingerprint density at radius 3 is 2.55 bits per heavy atom. The first-order valence-electron chi connectivity index (χ1n) is 7.34. The van der Waals surface area contributed by atoms with Crippen molar-refractivity contribution in [3.05, 3.63) is 57.3 Å². The Labute approximate surface area is 124 Å². The number of hydrogen-bond donors (Lipinski definition) is 0. The molecule has 0 aliphatic carbocycles. The van der Waals surface area contributed by atoms with Gasteiger partial charge in [-0.2, -0.15) is 0 Å². The Balaban J connectivity index is 1.66. The minimum atomic E-state index is 0.514. The zero-order valence-electron chi connectivity index (χ0n) is 12.0. The van der Waals surface area contributed by atoms with Crippen LogP contribution < -0.4 is 0 Å². The van der Waals surface area contributed by atoms with Gasteiger partial charge in [-0.15, -0.1) is 11.3 Å². The predicted octanol–water partition coefficient (Wildman–Crippen LogP) is 3.51. The van der Waals surface area contributed by atoms with Crippen LogP contribution in [0, 0.1) is 0 Å². The summed E-state index contributed by atoms with van der Waals surface area (Å²) in [6, 6.07) is 12.4. The second-order valence-corrected chi connectivity index (χ2v) is 7.02. The van der Waals surface area contributed by atoms with Gasteiger partial charge in [0.1, 0.15) is 0 Å². The van der Waals surface area contributed by atoms with E-state index in [1.807, 2.05) is 11.3 Å². The molecular weight excluding hydrogens is 264 g/mol. The average Bonchev–Trinajstić information content (AvgIpc) is 3.07. The highest BCUT2D eigenvalue weighted by molar-refractivity contribution is 7.10. The highest BCUT2D eigenvalue weighted by Gasteiger charge is 2.47. The van der Waals surface area contributed by atoms with E-state index in [0.717, 1.165) is 0 Å². The van der Waals surface area contributed by atoms with Crippen LogP contribution in [0.25, 0.3) is 0 Å². The molecule has 2 atom stereocenters. The van der Waals surface area contributed by atoms with Gasteiger partial charge in [0.2, 0.25) is 0 Å². The molecule has 2 aromatic rings. The fraction of sp³-hybridized carbons (Fsp3) is 0.412. The maximum atomic E-state index is 2.70. The summed E-state index contributed by atoms with van der Waals surface area (Å²) in [5.41, 5.74) is 4.63.